The Bertz CT molecular complexity index is 738. The summed E-state index contributed by atoms with van der Waals surface area (Å²) in [5.74, 6) is -0.637. The van der Waals surface area contributed by atoms with Gasteiger partial charge in [0.05, 0.1) is 5.69 Å². The van der Waals surface area contributed by atoms with E-state index in [9.17, 15) is 18.0 Å². The molecule has 0 aliphatic heterocycles. The maximum absolute atomic E-state index is 13.0. The van der Waals surface area contributed by atoms with Gasteiger partial charge < -0.3 is 5.32 Å². The Morgan fingerprint density at radius 3 is 2.70 bits per heavy atom. The number of thiocarbonyl (C=S) groups is 1. The fraction of sp³-hybridized carbons (Fsp3) is 0.273. The SMILES string of the molecule is CNC(=S)NNC(=O)c1csc(-n2nc(C)cc2C(F)(F)F)n1. The molecule has 0 atom stereocenters. The van der Waals surface area contributed by atoms with Crippen LogP contribution in [0.3, 0.4) is 0 Å². The van der Waals surface area contributed by atoms with Crippen LogP contribution in [0.25, 0.3) is 5.13 Å². The Morgan fingerprint density at radius 2 is 2.09 bits per heavy atom. The minimum Gasteiger partial charge on any atom is -0.364 e. The van der Waals surface area contributed by atoms with Crippen LogP contribution in [0.5, 0.6) is 0 Å². The van der Waals surface area contributed by atoms with Gasteiger partial charge in [0.25, 0.3) is 5.91 Å². The van der Waals surface area contributed by atoms with Crippen LogP contribution in [-0.4, -0.2) is 32.8 Å². The number of aryl methyl sites for hydroxylation is 1. The summed E-state index contributed by atoms with van der Waals surface area (Å²) in [6, 6.07) is 0.911. The molecule has 0 saturated heterocycles. The number of hydrogen-bond donors (Lipinski definition) is 3. The number of halogens is 3. The van der Waals surface area contributed by atoms with Crippen LogP contribution in [0.2, 0.25) is 0 Å². The van der Waals surface area contributed by atoms with Crippen molar-refractivity contribution in [3.63, 3.8) is 0 Å². The summed E-state index contributed by atoms with van der Waals surface area (Å²) in [5, 5.41) is 7.79. The van der Waals surface area contributed by atoms with Crippen LogP contribution in [0.15, 0.2) is 11.4 Å². The van der Waals surface area contributed by atoms with E-state index in [1.807, 2.05) is 0 Å². The molecule has 2 heterocycles. The Labute approximate surface area is 137 Å². The van der Waals surface area contributed by atoms with Gasteiger partial charge in [0.1, 0.15) is 5.69 Å². The molecule has 0 fully saturated rings. The number of nitrogens with one attached hydrogen (secondary N) is 3. The molecule has 2 rings (SSSR count). The molecule has 0 bridgehead atoms. The molecular weight excluding hydrogens is 353 g/mol. The van der Waals surface area contributed by atoms with E-state index in [2.05, 4.69) is 26.3 Å². The highest BCUT2D eigenvalue weighted by molar-refractivity contribution is 7.80. The number of amides is 1. The van der Waals surface area contributed by atoms with Crippen molar-refractivity contribution < 1.29 is 18.0 Å². The first kappa shape index (κ1) is 17.1. The molecule has 2 aromatic heterocycles. The molecule has 0 aromatic carbocycles. The van der Waals surface area contributed by atoms with E-state index in [1.54, 1.807) is 7.05 Å². The maximum Gasteiger partial charge on any atom is 0.433 e. The summed E-state index contributed by atoms with van der Waals surface area (Å²) in [4.78, 5) is 15.7. The van der Waals surface area contributed by atoms with Gasteiger partial charge in [-0.1, -0.05) is 0 Å². The van der Waals surface area contributed by atoms with Crippen LogP contribution >= 0.6 is 23.6 Å². The number of thiazole rings is 1. The van der Waals surface area contributed by atoms with Gasteiger partial charge in [0, 0.05) is 12.4 Å². The van der Waals surface area contributed by atoms with Crippen molar-refractivity contribution in [2.75, 3.05) is 7.05 Å². The summed E-state index contributed by atoms with van der Waals surface area (Å²) >= 11 is 5.64. The molecule has 0 saturated carbocycles. The van der Waals surface area contributed by atoms with Crippen molar-refractivity contribution >= 4 is 34.6 Å². The molecule has 124 valence electrons. The maximum atomic E-state index is 13.0. The molecule has 1 amide bonds. The van der Waals surface area contributed by atoms with Crippen molar-refractivity contribution in [2.24, 2.45) is 0 Å². The van der Waals surface area contributed by atoms with Crippen LogP contribution in [-0.2, 0) is 6.18 Å². The number of rotatable bonds is 2. The minimum absolute atomic E-state index is 0.0577. The van der Waals surface area contributed by atoms with Crippen molar-refractivity contribution in [3.05, 3.63) is 28.5 Å². The van der Waals surface area contributed by atoms with Gasteiger partial charge in [0.15, 0.2) is 10.8 Å². The van der Waals surface area contributed by atoms with Gasteiger partial charge in [-0.3, -0.25) is 15.6 Å². The van der Waals surface area contributed by atoms with Crippen LogP contribution in [0.1, 0.15) is 21.9 Å². The first-order chi connectivity index (χ1) is 10.7. The van der Waals surface area contributed by atoms with Crippen molar-refractivity contribution in [1.82, 2.24) is 30.9 Å². The Kier molecular flexibility index (Phi) is 4.85. The van der Waals surface area contributed by atoms with Gasteiger partial charge in [0.2, 0.25) is 5.13 Å². The summed E-state index contributed by atoms with van der Waals surface area (Å²) in [7, 11) is 1.56. The van der Waals surface area contributed by atoms with E-state index >= 15 is 0 Å². The number of hydrazine groups is 1. The third kappa shape index (κ3) is 3.96. The standard InChI is InChI=1S/C11H11F3N6OS2/c1-5-3-7(11(12,13)14)20(19-5)10-16-6(4-23-10)8(21)17-18-9(22)15-2/h3-4H,1-2H3,(H,17,21)(H2,15,18,22). The smallest absolute Gasteiger partial charge is 0.364 e. The Hall–Kier alpha value is -2.21. The number of carbonyl (C=O) groups excluding carboxylic acids is 1. The monoisotopic (exact) mass is 364 g/mol. The molecule has 7 nitrogen and oxygen atoms in total. The van der Waals surface area contributed by atoms with Gasteiger partial charge in [-0.2, -0.15) is 18.3 Å². The molecule has 23 heavy (non-hydrogen) atoms. The number of carbonyl (C=O) groups is 1. The van der Waals surface area contributed by atoms with E-state index in [4.69, 9.17) is 12.2 Å². The lowest BCUT2D eigenvalue weighted by Crippen LogP contribution is -2.45. The first-order valence-corrected chi connectivity index (χ1v) is 7.39. The van der Waals surface area contributed by atoms with Gasteiger partial charge in [-0.15, -0.1) is 11.3 Å². The lowest BCUT2D eigenvalue weighted by molar-refractivity contribution is -0.142. The molecule has 0 aliphatic carbocycles. The quantitative estimate of drug-likeness (QED) is 0.552. The van der Waals surface area contributed by atoms with Crippen LogP contribution < -0.4 is 16.2 Å². The zero-order valence-electron chi connectivity index (χ0n) is 11.9. The van der Waals surface area contributed by atoms with Crippen LogP contribution in [0, 0.1) is 6.92 Å². The molecule has 0 unspecified atom stereocenters. The van der Waals surface area contributed by atoms with E-state index < -0.39 is 17.8 Å². The zero-order valence-corrected chi connectivity index (χ0v) is 13.5. The normalized spacial score (nSPS) is 11.2. The zero-order chi connectivity index (χ0) is 17.2. The fourth-order valence-electron chi connectivity index (χ4n) is 1.55. The molecule has 0 radical (unpaired) electrons. The summed E-state index contributed by atoms with van der Waals surface area (Å²) in [6.07, 6.45) is -4.57. The van der Waals surface area contributed by atoms with Crippen LogP contribution in [0.4, 0.5) is 13.2 Å². The predicted molar refractivity (Wildman–Crippen MR) is 81.2 cm³/mol. The van der Waals surface area contributed by atoms with Gasteiger partial charge in [-0.25, -0.2) is 9.67 Å². The average Bonchev–Trinajstić information content (AvgIpc) is 3.09. The summed E-state index contributed by atoms with van der Waals surface area (Å²) < 4.78 is 39.6. The average molecular weight is 364 g/mol. The van der Waals surface area contributed by atoms with Gasteiger partial charge in [-0.05, 0) is 25.2 Å². The third-order valence-corrected chi connectivity index (χ3v) is 3.67. The largest absolute Gasteiger partial charge is 0.433 e. The highest BCUT2D eigenvalue weighted by Crippen LogP contribution is 2.32. The van der Waals surface area contributed by atoms with E-state index in [1.165, 1.54) is 12.3 Å². The Morgan fingerprint density at radius 1 is 1.39 bits per heavy atom. The highest BCUT2D eigenvalue weighted by Gasteiger charge is 2.36. The lowest BCUT2D eigenvalue weighted by atomic mass is 10.3. The molecular formula is C11H11F3N6OS2. The third-order valence-electron chi connectivity index (χ3n) is 2.54. The molecule has 2 aromatic rings. The molecule has 3 N–H and O–H groups in total. The number of aromatic nitrogens is 3. The van der Waals surface area contributed by atoms with E-state index in [0.29, 0.717) is 4.68 Å². The minimum atomic E-state index is -4.57. The second-order valence-corrected chi connectivity index (χ2v) is 5.50. The van der Waals surface area contributed by atoms with Crippen molar-refractivity contribution in [1.29, 1.82) is 0 Å². The number of hydrogen-bond acceptors (Lipinski definition) is 5. The predicted octanol–water partition coefficient (Wildman–Crippen LogP) is 1.39. The van der Waals surface area contributed by atoms with Gasteiger partial charge >= 0.3 is 6.18 Å². The fourth-order valence-corrected chi connectivity index (χ4v) is 2.37. The second-order valence-electron chi connectivity index (χ2n) is 4.25. The number of alkyl halides is 3. The molecule has 0 spiro atoms. The highest BCUT2D eigenvalue weighted by atomic mass is 32.1. The van der Waals surface area contributed by atoms with E-state index in [0.717, 1.165) is 17.4 Å². The summed E-state index contributed by atoms with van der Waals surface area (Å²) in [6.45, 7) is 1.44. The van der Waals surface area contributed by atoms with Crippen molar-refractivity contribution in [2.45, 2.75) is 13.1 Å². The summed E-state index contributed by atoms with van der Waals surface area (Å²) in [5.41, 5.74) is 3.85. The molecule has 12 heteroatoms. The topological polar surface area (TPSA) is 83.9 Å². The molecule has 0 aliphatic rings. The second kappa shape index (κ2) is 6.50. The van der Waals surface area contributed by atoms with Crippen molar-refractivity contribution in [3.8, 4) is 5.13 Å². The lowest BCUT2D eigenvalue weighted by Gasteiger charge is -2.08. The van der Waals surface area contributed by atoms with E-state index in [-0.39, 0.29) is 21.6 Å². The first-order valence-electron chi connectivity index (χ1n) is 6.10. The number of nitrogens with zero attached hydrogens (tertiary/aromatic N) is 3. The Balaban J connectivity index is 2.23.